The van der Waals surface area contributed by atoms with Crippen molar-refractivity contribution in [2.45, 2.75) is 18.4 Å². The van der Waals surface area contributed by atoms with Gasteiger partial charge in [-0.1, -0.05) is 18.2 Å². The van der Waals surface area contributed by atoms with Crippen LogP contribution in [-0.2, 0) is 14.3 Å². The van der Waals surface area contributed by atoms with Gasteiger partial charge in [0.15, 0.2) is 5.54 Å². The van der Waals surface area contributed by atoms with Crippen molar-refractivity contribution in [1.29, 1.82) is 0 Å². The Bertz CT molecular complexity index is 589. The number of hydrogen-bond acceptors (Lipinski definition) is 4. The fourth-order valence-corrected chi connectivity index (χ4v) is 2.86. The summed E-state index contributed by atoms with van der Waals surface area (Å²) in [7, 11) is 1.41. The van der Waals surface area contributed by atoms with Crippen molar-refractivity contribution >= 4 is 17.8 Å². The molecular formula is C16H20N2O5. The Morgan fingerprint density at radius 1 is 1.30 bits per heavy atom. The van der Waals surface area contributed by atoms with Gasteiger partial charge in [0, 0.05) is 19.2 Å². The number of methoxy groups -OCH3 is 1. The van der Waals surface area contributed by atoms with Crippen LogP contribution in [0.4, 0.5) is 0 Å². The van der Waals surface area contributed by atoms with Crippen molar-refractivity contribution in [3.05, 3.63) is 35.9 Å². The third-order valence-electron chi connectivity index (χ3n) is 4.01. The third kappa shape index (κ3) is 3.50. The Morgan fingerprint density at radius 3 is 2.61 bits per heavy atom. The van der Waals surface area contributed by atoms with Crippen LogP contribution in [0, 0.1) is 0 Å². The topological polar surface area (TPSA) is 95.9 Å². The monoisotopic (exact) mass is 320 g/mol. The molecule has 23 heavy (non-hydrogen) atoms. The largest absolute Gasteiger partial charge is 0.479 e. The minimum absolute atomic E-state index is 0.0687. The number of aliphatic carboxylic acids is 1. The smallest absolute Gasteiger partial charge is 0.332 e. The number of carbonyl (C=O) groups is 3. The van der Waals surface area contributed by atoms with Crippen LogP contribution in [0.5, 0.6) is 0 Å². The van der Waals surface area contributed by atoms with Crippen LogP contribution in [0.25, 0.3) is 0 Å². The number of amides is 2. The van der Waals surface area contributed by atoms with E-state index >= 15 is 0 Å². The van der Waals surface area contributed by atoms with Crippen LogP contribution < -0.4 is 5.32 Å². The minimum atomic E-state index is -1.34. The molecule has 0 aromatic heterocycles. The summed E-state index contributed by atoms with van der Waals surface area (Å²) in [4.78, 5) is 37.3. The summed E-state index contributed by atoms with van der Waals surface area (Å²) in [6, 6.07) is 8.53. The van der Waals surface area contributed by atoms with E-state index in [-0.39, 0.29) is 19.1 Å². The Labute approximate surface area is 134 Å². The van der Waals surface area contributed by atoms with Crippen LogP contribution >= 0.6 is 0 Å². The number of benzene rings is 1. The second-order valence-corrected chi connectivity index (χ2v) is 5.47. The maximum absolute atomic E-state index is 12.4. The lowest BCUT2D eigenvalue weighted by molar-refractivity contribution is -0.159. The molecule has 1 unspecified atom stereocenters. The van der Waals surface area contributed by atoms with Gasteiger partial charge in [-0.05, 0) is 25.0 Å². The number of carbonyl (C=O) groups excluding carboxylic acids is 2. The summed E-state index contributed by atoms with van der Waals surface area (Å²) < 4.78 is 5.00. The maximum atomic E-state index is 12.4. The van der Waals surface area contributed by atoms with Gasteiger partial charge >= 0.3 is 5.97 Å². The molecular weight excluding hydrogens is 300 g/mol. The van der Waals surface area contributed by atoms with Crippen LogP contribution in [0.15, 0.2) is 30.3 Å². The average molecular weight is 320 g/mol. The second kappa shape index (κ2) is 7.23. The molecule has 1 aromatic rings. The predicted octanol–water partition coefficient (Wildman–Crippen LogP) is 0.509. The summed E-state index contributed by atoms with van der Waals surface area (Å²) >= 11 is 0. The highest BCUT2D eigenvalue weighted by Crippen LogP contribution is 2.30. The number of nitrogens with zero attached hydrogens (tertiary/aromatic N) is 1. The average Bonchev–Trinajstić information content (AvgIpc) is 2.98. The Hall–Kier alpha value is -2.41. The van der Waals surface area contributed by atoms with Gasteiger partial charge in [0.2, 0.25) is 5.91 Å². The molecule has 2 N–H and O–H groups in total. The quantitative estimate of drug-likeness (QED) is 0.796. The van der Waals surface area contributed by atoms with Crippen molar-refractivity contribution in [2.24, 2.45) is 0 Å². The predicted molar refractivity (Wildman–Crippen MR) is 82.0 cm³/mol. The van der Waals surface area contributed by atoms with Crippen molar-refractivity contribution in [2.75, 3.05) is 26.8 Å². The van der Waals surface area contributed by atoms with E-state index in [1.165, 1.54) is 12.0 Å². The van der Waals surface area contributed by atoms with Crippen LogP contribution in [0.2, 0.25) is 0 Å². The third-order valence-corrected chi connectivity index (χ3v) is 4.01. The summed E-state index contributed by atoms with van der Waals surface area (Å²) in [5, 5.41) is 12.0. The highest BCUT2D eigenvalue weighted by Gasteiger charge is 2.50. The molecule has 7 nitrogen and oxygen atoms in total. The number of carboxylic acid groups (broad SMARTS) is 1. The van der Waals surface area contributed by atoms with E-state index in [9.17, 15) is 19.5 Å². The Balaban J connectivity index is 2.02. The molecule has 1 aliphatic rings. The first-order valence-electron chi connectivity index (χ1n) is 7.37. The number of ether oxygens (including phenoxy) is 1. The van der Waals surface area contributed by atoms with Gasteiger partial charge < -0.3 is 20.1 Å². The molecule has 0 radical (unpaired) electrons. The first-order chi connectivity index (χ1) is 11.0. The van der Waals surface area contributed by atoms with Gasteiger partial charge in [-0.25, -0.2) is 4.79 Å². The molecule has 1 aromatic carbocycles. The summed E-state index contributed by atoms with van der Waals surface area (Å²) in [5.74, 6) is -1.88. The fourth-order valence-electron chi connectivity index (χ4n) is 2.86. The van der Waals surface area contributed by atoms with E-state index in [2.05, 4.69) is 5.32 Å². The van der Waals surface area contributed by atoms with Crippen LogP contribution in [0.3, 0.4) is 0 Å². The zero-order valence-corrected chi connectivity index (χ0v) is 12.9. The molecule has 1 aliphatic heterocycles. The SMILES string of the molecule is COCC1(C(=O)O)CCCN1C(=O)CNC(=O)c1ccccc1. The summed E-state index contributed by atoms with van der Waals surface area (Å²) in [6.07, 6.45) is 0.933. The minimum Gasteiger partial charge on any atom is -0.479 e. The molecule has 0 saturated carbocycles. The van der Waals surface area contributed by atoms with Gasteiger partial charge in [0.1, 0.15) is 0 Å². The number of likely N-dealkylation sites (tertiary alicyclic amines) is 1. The first-order valence-corrected chi connectivity index (χ1v) is 7.37. The lowest BCUT2D eigenvalue weighted by atomic mass is 9.97. The zero-order chi connectivity index (χ0) is 16.9. The summed E-state index contributed by atoms with van der Waals surface area (Å²) in [6.45, 7) is 0.0306. The van der Waals surface area contributed by atoms with Crippen LogP contribution in [0.1, 0.15) is 23.2 Å². The van der Waals surface area contributed by atoms with E-state index in [1.54, 1.807) is 30.3 Å². The standard InChI is InChI=1S/C16H20N2O5/c1-23-11-16(15(21)22)8-5-9-18(16)13(19)10-17-14(20)12-6-3-2-4-7-12/h2-4,6-7H,5,8-11H2,1H3,(H,17,20)(H,21,22). The van der Waals surface area contributed by atoms with Crippen molar-refractivity contribution in [3.8, 4) is 0 Å². The number of rotatable bonds is 6. The number of hydrogen-bond donors (Lipinski definition) is 2. The Kier molecular flexibility index (Phi) is 5.33. The summed E-state index contributed by atoms with van der Waals surface area (Å²) in [5.41, 5.74) is -0.897. The van der Waals surface area contributed by atoms with E-state index < -0.39 is 17.4 Å². The van der Waals surface area contributed by atoms with E-state index in [1.807, 2.05) is 0 Å². The number of carboxylic acids is 1. The van der Waals surface area contributed by atoms with E-state index in [0.29, 0.717) is 24.9 Å². The molecule has 1 saturated heterocycles. The maximum Gasteiger partial charge on any atom is 0.332 e. The molecule has 2 rings (SSSR count). The zero-order valence-electron chi connectivity index (χ0n) is 12.9. The molecule has 124 valence electrons. The van der Waals surface area contributed by atoms with Crippen LogP contribution in [-0.4, -0.2) is 60.1 Å². The van der Waals surface area contributed by atoms with E-state index in [4.69, 9.17) is 4.74 Å². The lowest BCUT2D eigenvalue weighted by Crippen LogP contribution is -2.57. The van der Waals surface area contributed by atoms with Gasteiger partial charge in [-0.2, -0.15) is 0 Å². The van der Waals surface area contributed by atoms with Crippen molar-refractivity contribution in [3.63, 3.8) is 0 Å². The van der Waals surface area contributed by atoms with Gasteiger partial charge in [0.25, 0.3) is 5.91 Å². The molecule has 0 bridgehead atoms. The normalized spacial score (nSPS) is 20.3. The highest BCUT2D eigenvalue weighted by atomic mass is 16.5. The molecule has 0 spiro atoms. The first kappa shape index (κ1) is 17.0. The van der Waals surface area contributed by atoms with Gasteiger partial charge in [-0.3, -0.25) is 9.59 Å². The molecule has 1 fully saturated rings. The second-order valence-electron chi connectivity index (χ2n) is 5.47. The van der Waals surface area contributed by atoms with Crippen molar-refractivity contribution < 1.29 is 24.2 Å². The Morgan fingerprint density at radius 2 is 2.00 bits per heavy atom. The van der Waals surface area contributed by atoms with Crippen molar-refractivity contribution in [1.82, 2.24) is 10.2 Å². The van der Waals surface area contributed by atoms with Gasteiger partial charge in [0.05, 0.1) is 13.2 Å². The lowest BCUT2D eigenvalue weighted by Gasteiger charge is -2.34. The van der Waals surface area contributed by atoms with E-state index in [0.717, 1.165) is 0 Å². The molecule has 1 atom stereocenters. The molecule has 7 heteroatoms. The highest BCUT2D eigenvalue weighted by molar-refractivity contribution is 5.97. The fraction of sp³-hybridized carbons (Fsp3) is 0.438. The molecule has 2 amide bonds. The molecule has 0 aliphatic carbocycles. The molecule has 1 heterocycles. The number of nitrogens with one attached hydrogen (secondary N) is 1. The van der Waals surface area contributed by atoms with Gasteiger partial charge in [-0.15, -0.1) is 0 Å².